The number of nitrogens with zero attached hydrogens (tertiary/aromatic N) is 2. The molecule has 0 aromatic heterocycles. The summed E-state index contributed by atoms with van der Waals surface area (Å²) >= 11 is 0. The average molecular weight is 299 g/mol. The Hall–Kier alpha value is -1.96. The van der Waals surface area contributed by atoms with Gasteiger partial charge >= 0.3 is 17.8 Å². The second kappa shape index (κ2) is 7.72. The van der Waals surface area contributed by atoms with Crippen molar-refractivity contribution in [3.8, 4) is 0 Å². The molecule has 1 atom stereocenters. The van der Waals surface area contributed by atoms with Crippen molar-refractivity contribution in [1.29, 1.82) is 0 Å². The van der Waals surface area contributed by atoms with Crippen LogP contribution in [-0.4, -0.2) is 66.4 Å². The summed E-state index contributed by atoms with van der Waals surface area (Å²) in [7, 11) is 1.50. The lowest BCUT2D eigenvalue weighted by Gasteiger charge is -2.17. The first-order chi connectivity index (χ1) is 9.92. The third kappa shape index (κ3) is 4.25. The summed E-state index contributed by atoms with van der Waals surface area (Å²) in [5.74, 6) is -2.33. The largest absolute Gasteiger partial charge is 0.383 e. The number of methoxy groups -OCH3 is 1. The number of hydrogen-bond acceptors (Lipinski definition) is 5. The fraction of sp³-hybridized carbons (Fsp3) is 0.692. The molecule has 0 aliphatic carbocycles. The third-order valence-corrected chi connectivity index (χ3v) is 3.00. The Labute approximate surface area is 123 Å². The van der Waals surface area contributed by atoms with Gasteiger partial charge in [0.2, 0.25) is 5.91 Å². The molecule has 0 spiro atoms. The summed E-state index contributed by atoms with van der Waals surface area (Å²) in [5, 5.41) is 2.58. The van der Waals surface area contributed by atoms with Crippen molar-refractivity contribution in [2.75, 3.05) is 26.8 Å². The quantitative estimate of drug-likeness (QED) is 0.491. The van der Waals surface area contributed by atoms with Crippen molar-refractivity contribution >= 4 is 23.8 Å². The number of unbranched alkanes of at least 4 members (excludes halogenated alkanes) is 1. The predicted molar refractivity (Wildman–Crippen MR) is 73.2 cm³/mol. The molecule has 21 heavy (non-hydrogen) atoms. The summed E-state index contributed by atoms with van der Waals surface area (Å²) in [5.41, 5.74) is 0. The Bertz CT molecular complexity index is 438. The van der Waals surface area contributed by atoms with Gasteiger partial charge in [0.25, 0.3) is 0 Å². The molecule has 0 aromatic carbocycles. The number of hydrogen-bond donors (Lipinski definition) is 1. The fourth-order valence-corrected chi connectivity index (χ4v) is 1.96. The molecular weight excluding hydrogens is 278 g/mol. The minimum absolute atomic E-state index is 0.193. The molecular formula is C13H21N3O5. The van der Waals surface area contributed by atoms with Gasteiger partial charge in [-0.25, -0.2) is 9.69 Å². The maximum absolute atomic E-state index is 12.0. The van der Waals surface area contributed by atoms with E-state index in [0.29, 0.717) is 17.9 Å². The molecule has 0 bridgehead atoms. The van der Waals surface area contributed by atoms with Crippen molar-refractivity contribution in [2.24, 2.45) is 0 Å². The smallest absolute Gasteiger partial charge is 0.334 e. The molecule has 1 aliphatic heterocycles. The van der Waals surface area contributed by atoms with Gasteiger partial charge in [0.1, 0.15) is 6.54 Å². The molecule has 0 saturated carbocycles. The summed E-state index contributed by atoms with van der Waals surface area (Å²) in [6.45, 7) is 3.69. The Morgan fingerprint density at radius 1 is 1.24 bits per heavy atom. The number of amides is 5. The van der Waals surface area contributed by atoms with Crippen LogP contribution in [0.1, 0.15) is 26.7 Å². The molecule has 8 heteroatoms. The Morgan fingerprint density at radius 3 is 2.43 bits per heavy atom. The van der Waals surface area contributed by atoms with Crippen LogP contribution in [-0.2, 0) is 19.1 Å². The van der Waals surface area contributed by atoms with Crippen LogP contribution < -0.4 is 5.32 Å². The van der Waals surface area contributed by atoms with Crippen LogP contribution in [0.5, 0.6) is 0 Å². The Morgan fingerprint density at radius 2 is 1.86 bits per heavy atom. The standard InChI is InChI=1S/C13H21N3O5/c1-4-5-6-15-11(18)12(19)16(13(15)20)7-10(17)14-9(2)8-21-3/h9H,4-8H2,1-3H3,(H,14,17)/t9-/m1/s1. The van der Waals surface area contributed by atoms with Crippen molar-refractivity contribution in [3.05, 3.63) is 0 Å². The van der Waals surface area contributed by atoms with E-state index in [1.54, 1.807) is 6.92 Å². The number of urea groups is 1. The van der Waals surface area contributed by atoms with Crippen LogP contribution in [0.15, 0.2) is 0 Å². The van der Waals surface area contributed by atoms with Crippen LogP contribution in [0, 0.1) is 0 Å². The van der Waals surface area contributed by atoms with Crippen molar-refractivity contribution < 1.29 is 23.9 Å². The molecule has 118 valence electrons. The second-order valence-corrected chi connectivity index (χ2v) is 4.91. The first-order valence-corrected chi connectivity index (χ1v) is 6.88. The normalized spacial score (nSPS) is 16.6. The lowest BCUT2D eigenvalue weighted by atomic mass is 10.3. The molecule has 5 amide bonds. The Balaban J connectivity index is 2.62. The van der Waals surface area contributed by atoms with Gasteiger partial charge in [-0.1, -0.05) is 13.3 Å². The van der Waals surface area contributed by atoms with Crippen LogP contribution in [0.2, 0.25) is 0 Å². The third-order valence-electron chi connectivity index (χ3n) is 3.00. The molecule has 1 fully saturated rings. The minimum atomic E-state index is -0.953. The van der Waals surface area contributed by atoms with E-state index in [0.717, 1.165) is 11.3 Å². The molecule has 1 saturated heterocycles. The van der Waals surface area contributed by atoms with E-state index < -0.39 is 30.3 Å². The van der Waals surface area contributed by atoms with E-state index in [4.69, 9.17) is 4.74 Å². The minimum Gasteiger partial charge on any atom is -0.383 e. The molecule has 1 N–H and O–H groups in total. The molecule has 1 aliphatic rings. The SMILES string of the molecule is CCCCN1C(=O)C(=O)N(CC(=O)N[C@H](C)COC)C1=O. The van der Waals surface area contributed by atoms with E-state index in [2.05, 4.69) is 5.32 Å². The summed E-state index contributed by atoms with van der Waals surface area (Å²) < 4.78 is 4.87. The second-order valence-electron chi connectivity index (χ2n) is 4.91. The summed E-state index contributed by atoms with van der Waals surface area (Å²) in [6.07, 6.45) is 1.41. The zero-order chi connectivity index (χ0) is 16.0. The zero-order valence-corrected chi connectivity index (χ0v) is 12.5. The maximum Gasteiger partial charge on any atom is 0.334 e. The molecule has 1 heterocycles. The van der Waals surface area contributed by atoms with Gasteiger partial charge in [0.05, 0.1) is 6.61 Å². The lowest BCUT2D eigenvalue weighted by molar-refractivity contribution is -0.144. The number of carbonyl (C=O) groups excluding carboxylic acids is 4. The maximum atomic E-state index is 12.0. The Kier molecular flexibility index (Phi) is 6.29. The predicted octanol–water partition coefficient (Wildman–Crippen LogP) is -0.272. The highest BCUT2D eigenvalue weighted by Crippen LogP contribution is 2.12. The van der Waals surface area contributed by atoms with E-state index >= 15 is 0 Å². The first-order valence-electron chi connectivity index (χ1n) is 6.88. The van der Waals surface area contributed by atoms with Crippen molar-refractivity contribution in [1.82, 2.24) is 15.1 Å². The highest BCUT2D eigenvalue weighted by Gasteiger charge is 2.44. The van der Waals surface area contributed by atoms with Crippen molar-refractivity contribution in [2.45, 2.75) is 32.7 Å². The van der Waals surface area contributed by atoms with Crippen molar-refractivity contribution in [3.63, 3.8) is 0 Å². The van der Waals surface area contributed by atoms with Crippen LogP contribution in [0.3, 0.4) is 0 Å². The first kappa shape index (κ1) is 17.1. The van der Waals surface area contributed by atoms with E-state index in [1.807, 2.05) is 6.92 Å². The number of nitrogens with one attached hydrogen (secondary N) is 1. The molecule has 0 aromatic rings. The summed E-state index contributed by atoms with van der Waals surface area (Å²) in [6, 6.07) is -0.977. The number of carbonyl (C=O) groups is 4. The molecule has 0 unspecified atom stereocenters. The van der Waals surface area contributed by atoms with Gasteiger partial charge in [0, 0.05) is 19.7 Å². The highest BCUT2D eigenvalue weighted by molar-refractivity contribution is 6.45. The van der Waals surface area contributed by atoms with Gasteiger partial charge in [-0.3, -0.25) is 19.3 Å². The number of rotatable bonds is 8. The zero-order valence-electron chi connectivity index (χ0n) is 12.5. The fourth-order valence-electron chi connectivity index (χ4n) is 1.96. The van der Waals surface area contributed by atoms with Gasteiger partial charge in [-0.05, 0) is 13.3 Å². The number of imide groups is 2. The highest BCUT2D eigenvalue weighted by atomic mass is 16.5. The van der Waals surface area contributed by atoms with Crippen LogP contribution in [0.4, 0.5) is 4.79 Å². The summed E-state index contributed by atoms with van der Waals surface area (Å²) in [4.78, 5) is 48.8. The monoisotopic (exact) mass is 299 g/mol. The average Bonchev–Trinajstić information content (AvgIpc) is 2.61. The van der Waals surface area contributed by atoms with Gasteiger partial charge in [-0.15, -0.1) is 0 Å². The van der Waals surface area contributed by atoms with E-state index in [-0.39, 0.29) is 12.6 Å². The van der Waals surface area contributed by atoms with Crippen LogP contribution >= 0.6 is 0 Å². The van der Waals surface area contributed by atoms with Gasteiger partial charge in [-0.2, -0.15) is 0 Å². The van der Waals surface area contributed by atoms with Gasteiger partial charge < -0.3 is 10.1 Å². The van der Waals surface area contributed by atoms with Crippen LogP contribution in [0.25, 0.3) is 0 Å². The van der Waals surface area contributed by atoms with E-state index in [1.165, 1.54) is 7.11 Å². The molecule has 8 nitrogen and oxygen atoms in total. The molecule has 0 radical (unpaired) electrons. The van der Waals surface area contributed by atoms with E-state index in [9.17, 15) is 19.2 Å². The topological polar surface area (TPSA) is 96.0 Å². The van der Waals surface area contributed by atoms with Gasteiger partial charge in [0.15, 0.2) is 0 Å². The lowest BCUT2D eigenvalue weighted by Crippen LogP contribution is -2.45. The molecule has 1 rings (SSSR count). The number of ether oxygens (including phenoxy) is 1.